The van der Waals surface area contributed by atoms with E-state index >= 15 is 0 Å². The predicted molar refractivity (Wildman–Crippen MR) is 56.5 cm³/mol. The van der Waals surface area contributed by atoms with Crippen molar-refractivity contribution in [1.29, 1.82) is 0 Å². The van der Waals surface area contributed by atoms with Crippen LogP contribution in [0.3, 0.4) is 0 Å². The van der Waals surface area contributed by atoms with E-state index in [9.17, 15) is 0 Å². The molecule has 1 fully saturated rings. The van der Waals surface area contributed by atoms with Crippen molar-refractivity contribution in [3.8, 4) is 0 Å². The quantitative estimate of drug-likeness (QED) is 0.594. The van der Waals surface area contributed by atoms with Crippen molar-refractivity contribution in [1.82, 2.24) is 4.90 Å². The largest absolute Gasteiger partial charge is 0.306 e. The summed E-state index contributed by atoms with van der Waals surface area (Å²) in [4.78, 5) is 2.38. The molecule has 0 aromatic heterocycles. The Hall–Kier alpha value is -0.560. The normalized spacial score (nSPS) is 42.8. The summed E-state index contributed by atoms with van der Waals surface area (Å²) >= 11 is 0. The van der Waals surface area contributed by atoms with Crippen molar-refractivity contribution < 1.29 is 0 Å². The lowest BCUT2D eigenvalue weighted by Crippen LogP contribution is -2.32. The highest BCUT2D eigenvalue weighted by molar-refractivity contribution is 5.19. The highest BCUT2D eigenvalue weighted by Crippen LogP contribution is 2.42. The minimum atomic E-state index is 0.751. The van der Waals surface area contributed by atoms with Crippen LogP contribution in [0.4, 0.5) is 0 Å². The van der Waals surface area contributed by atoms with Crippen LogP contribution in [0.1, 0.15) is 13.3 Å². The Kier molecular flexibility index (Phi) is 2.29. The van der Waals surface area contributed by atoms with E-state index in [4.69, 9.17) is 0 Å². The van der Waals surface area contributed by atoms with Crippen LogP contribution in [0, 0.1) is 17.8 Å². The lowest BCUT2D eigenvalue weighted by atomic mass is 9.86. The maximum Gasteiger partial charge on any atom is 0.0161 e. The highest BCUT2D eigenvalue weighted by atomic mass is 15.1. The predicted octanol–water partition coefficient (Wildman–Crippen LogP) is 2.31. The fourth-order valence-corrected chi connectivity index (χ4v) is 2.85. The monoisotopic (exact) mass is 177 g/mol. The van der Waals surface area contributed by atoms with Crippen molar-refractivity contribution in [2.24, 2.45) is 17.8 Å². The topological polar surface area (TPSA) is 3.24 Å². The number of fused-ring (bicyclic) bond motifs is 1. The van der Waals surface area contributed by atoms with Gasteiger partial charge in [-0.15, -0.1) is 0 Å². The van der Waals surface area contributed by atoms with Crippen LogP contribution in [0.2, 0.25) is 0 Å². The highest BCUT2D eigenvalue weighted by Gasteiger charge is 2.39. The van der Waals surface area contributed by atoms with Gasteiger partial charge in [-0.25, -0.2) is 0 Å². The first-order valence-electron chi connectivity index (χ1n) is 5.21. The summed E-state index contributed by atoms with van der Waals surface area (Å²) in [6.07, 6.45) is 10.5. The summed E-state index contributed by atoms with van der Waals surface area (Å²) in [5.41, 5.74) is 0. The fraction of sp³-hybridized carbons (Fsp3) is 0.667. The third-order valence-corrected chi connectivity index (χ3v) is 3.60. The molecule has 0 aromatic rings. The Morgan fingerprint density at radius 3 is 2.31 bits per heavy atom. The molecular weight excluding hydrogens is 158 g/mol. The molecule has 0 saturated heterocycles. The average molecular weight is 177 g/mol. The summed E-state index contributed by atoms with van der Waals surface area (Å²) in [7, 11) is 4.40. The van der Waals surface area contributed by atoms with Gasteiger partial charge in [0.25, 0.3) is 0 Å². The van der Waals surface area contributed by atoms with Gasteiger partial charge in [-0.05, 0) is 38.3 Å². The minimum absolute atomic E-state index is 0.751. The summed E-state index contributed by atoms with van der Waals surface area (Å²) in [6, 6.07) is 0.751. The molecule has 4 atom stereocenters. The average Bonchev–Trinajstić information content (AvgIpc) is 2.45. The van der Waals surface area contributed by atoms with Gasteiger partial charge in [-0.3, -0.25) is 0 Å². The van der Waals surface area contributed by atoms with E-state index in [1.807, 2.05) is 0 Å². The zero-order valence-electron chi connectivity index (χ0n) is 8.77. The second-order valence-electron chi connectivity index (χ2n) is 4.67. The van der Waals surface area contributed by atoms with Gasteiger partial charge in [0.05, 0.1) is 0 Å². The maximum atomic E-state index is 2.39. The number of nitrogens with zero attached hydrogens (tertiary/aromatic N) is 1. The van der Waals surface area contributed by atoms with Gasteiger partial charge in [0.2, 0.25) is 0 Å². The van der Waals surface area contributed by atoms with Crippen LogP contribution in [0.5, 0.6) is 0 Å². The van der Waals surface area contributed by atoms with Crippen LogP contribution < -0.4 is 0 Å². The van der Waals surface area contributed by atoms with Crippen molar-refractivity contribution in [2.45, 2.75) is 19.4 Å². The summed E-state index contributed by atoms with van der Waals surface area (Å²) < 4.78 is 0. The molecule has 0 N–H and O–H groups in total. The molecule has 2 aliphatic carbocycles. The lowest BCUT2D eigenvalue weighted by molar-refractivity contribution is 0.253. The van der Waals surface area contributed by atoms with E-state index in [-0.39, 0.29) is 0 Å². The van der Waals surface area contributed by atoms with E-state index < -0.39 is 0 Å². The molecule has 1 nitrogen and oxygen atoms in total. The van der Waals surface area contributed by atoms with Gasteiger partial charge in [0, 0.05) is 6.04 Å². The molecular formula is C12H19N. The standard InChI is InChI=1S/C12H19N/c1-9-8-12(13(2)3)11-7-5-4-6-10(9)11/h4-7,9-12H,8H2,1-3H3. The first-order chi connectivity index (χ1) is 6.20. The molecule has 72 valence electrons. The molecule has 0 heterocycles. The van der Waals surface area contributed by atoms with Gasteiger partial charge < -0.3 is 4.90 Å². The third-order valence-electron chi connectivity index (χ3n) is 3.60. The Morgan fingerprint density at radius 1 is 1.08 bits per heavy atom. The first-order valence-corrected chi connectivity index (χ1v) is 5.21. The Morgan fingerprint density at radius 2 is 1.69 bits per heavy atom. The summed E-state index contributed by atoms with van der Waals surface area (Å²) in [5.74, 6) is 2.39. The van der Waals surface area contributed by atoms with Crippen LogP contribution >= 0.6 is 0 Å². The number of rotatable bonds is 1. The fourth-order valence-electron chi connectivity index (χ4n) is 2.85. The molecule has 0 aromatic carbocycles. The number of allylic oxidation sites excluding steroid dienone is 3. The van der Waals surface area contributed by atoms with Crippen molar-refractivity contribution in [3.05, 3.63) is 24.3 Å². The van der Waals surface area contributed by atoms with Crippen LogP contribution in [0.15, 0.2) is 24.3 Å². The van der Waals surface area contributed by atoms with Crippen LogP contribution in [-0.4, -0.2) is 25.0 Å². The summed E-state index contributed by atoms with van der Waals surface area (Å²) in [5, 5.41) is 0. The molecule has 0 spiro atoms. The van der Waals surface area contributed by atoms with Gasteiger partial charge in [-0.2, -0.15) is 0 Å². The SMILES string of the molecule is CC1CC(N(C)C)C2C=CC=CC12. The second kappa shape index (κ2) is 3.30. The minimum Gasteiger partial charge on any atom is -0.306 e. The molecule has 2 aliphatic rings. The molecule has 0 aliphatic heterocycles. The van der Waals surface area contributed by atoms with E-state index in [2.05, 4.69) is 50.2 Å². The Labute approximate surface area is 81.1 Å². The molecule has 1 heteroatoms. The molecule has 4 unspecified atom stereocenters. The maximum absolute atomic E-state index is 2.39. The van der Waals surface area contributed by atoms with E-state index in [1.54, 1.807) is 0 Å². The second-order valence-corrected chi connectivity index (χ2v) is 4.67. The molecule has 1 saturated carbocycles. The van der Waals surface area contributed by atoms with Gasteiger partial charge >= 0.3 is 0 Å². The van der Waals surface area contributed by atoms with E-state index in [0.29, 0.717) is 0 Å². The zero-order chi connectivity index (χ0) is 9.42. The molecule has 13 heavy (non-hydrogen) atoms. The van der Waals surface area contributed by atoms with Gasteiger partial charge in [0.1, 0.15) is 0 Å². The molecule has 0 radical (unpaired) electrons. The molecule has 0 bridgehead atoms. The first kappa shape index (κ1) is 9.01. The smallest absolute Gasteiger partial charge is 0.0161 e. The third kappa shape index (κ3) is 1.46. The zero-order valence-corrected chi connectivity index (χ0v) is 8.77. The van der Waals surface area contributed by atoms with Gasteiger partial charge in [0.15, 0.2) is 0 Å². The molecule has 0 amide bonds. The van der Waals surface area contributed by atoms with Crippen molar-refractivity contribution >= 4 is 0 Å². The van der Waals surface area contributed by atoms with E-state index in [0.717, 1.165) is 23.8 Å². The molecule has 2 rings (SSSR count). The number of hydrogen-bond acceptors (Lipinski definition) is 1. The Bertz CT molecular complexity index is 240. The lowest BCUT2D eigenvalue weighted by Gasteiger charge is -2.27. The van der Waals surface area contributed by atoms with E-state index in [1.165, 1.54) is 6.42 Å². The summed E-state index contributed by atoms with van der Waals surface area (Å²) in [6.45, 7) is 2.38. The van der Waals surface area contributed by atoms with Crippen molar-refractivity contribution in [3.63, 3.8) is 0 Å². The van der Waals surface area contributed by atoms with Crippen molar-refractivity contribution in [2.75, 3.05) is 14.1 Å². The number of hydrogen-bond donors (Lipinski definition) is 0. The Balaban J connectivity index is 2.19. The van der Waals surface area contributed by atoms with Crippen LogP contribution in [-0.2, 0) is 0 Å². The van der Waals surface area contributed by atoms with Crippen LogP contribution in [0.25, 0.3) is 0 Å². The van der Waals surface area contributed by atoms with Gasteiger partial charge in [-0.1, -0.05) is 31.2 Å².